The standard InChI is InChI=1S/C38H49FN4O5/c1-25(2)43-21-31(20-40-43)29-6-5-7-32(19-29)42(36(45)28-8-11-34(12-9-28)48-37(46)41-22-33(44)23-41)24-38(39)16-14-27(15-17-38)30-10-13-35(47-4)26(3)18-30/h5-7,10,13,18-21,25,27-28,33-34,44H,8-9,11-12,14-17,22-24H2,1-4H3/t27?,28-,34-,38?. The number of ether oxygens (including phenoxy) is 2. The monoisotopic (exact) mass is 660 g/mol. The molecule has 2 amide bonds. The molecule has 0 atom stereocenters. The zero-order chi connectivity index (χ0) is 34.0. The molecule has 3 aromatic rings. The fraction of sp³-hybridized carbons (Fsp3) is 0.553. The van der Waals surface area contributed by atoms with Crippen LogP contribution in [0.1, 0.15) is 88.3 Å². The van der Waals surface area contributed by atoms with Crippen LogP contribution in [0.3, 0.4) is 0 Å². The molecule has 10 heteroatoms. The van der Waals surface area contributed by atoms with Crippen molar-refractivity contribution < 1.29 is 28.6 Å². The SMILES string of the molecule is COc1ccc(C2CCC(F)(CN(c3cccc(-c4cnn(C(C)C)c4)c3)C(=O)[C@H]3CC[C@H](OC(=O)N4CC(O)C4)CC3)CC2)cc1C. The molecule has 9 nitrogen and oxygen atoms in total. The summed E-state index contributed by atoms with van der Waals surface area (Å²) in [6, 6.07) is 14.2. The van der Waals surface area contributed by atoms with Gasteiger partial charge in [0.15, 0.2) is 0 Å². The van der Waals surface area contributed by atoms with Gasteiger partial charge in [0, 0.05) is 29.4 Å². The molecule has 2 aromatic carbocycles. The molecule has 1 aliphatic heterocycles. The molecule has 1 aromatic heterocycles. The van der Waals surface area contributed by atoms with E-state index in [1.807, 2.05) is 54.3 Å². The van der Waals surface area contributed by atoms with Gasteiger partial charge in [0.05, 0.1) is 39.0 Å². The Hall–Kier alpha value is -3.92. The predicted molar refractivity (Wildman–Crippen MR) is 183 cm³/mol. The molecule has 2 saturated carbocycles. The van der Waals surface area contributed by atoms with Crippen LogP contribution in [0.15, 0.2) is 54.9 Å². The van der Waals surface area contributed by atoms with Crippen molar-refractivity contribution in [3.8, 4) is 16.9 Å². The molecule has 0 bridgehead atoms. The van der Waals surface area contributed by atoms with Gasteiger partial charge in [-0.25, -0.2) is 9.18 Å². The molecular weight excluding hydrogens is 611 g/mol. The lowest BCUT2D eigenvalue weighted by molar-refractivity contribution is -0.124. The molecule has 0 unspecified atom stereocenters. The number of alkyl halides is 1. The molecule has 0 radical (unpaired) electrons. The Balaban J connectivity index is 1.18. The highest BCUT2D eigenvalue weighted by Crippen LogP contribution is 2.43. The number of halogens is 1. The van der Waals surface area contributed by atoms with Gasteiger partial charge in [-0.1, -0.05) is 24.3 Å². The highest BCUT2D eigenvalue weighted by molar-refractivity contribution is 5.96. The van der Waals surface area contributed by atoms with Crippen molar-refractivity contribution in [2.45, 2.75) is 102 Å². The Kier molecular flexibility index (Phi) is 10.1. The number of amides is 2. The molecule has 48 heavy (non-hydrogen) atoms. The third-order valence-corrected chi connectivity index (χ3v) is 10.5. The van der Waals surface area contributed by atoms with Crippen molar-refractivity contribution >= 4 is 17.7 Å². The van der Waals surface area contributed by atoms with E-state index in [2.05, 4.69) is 31.1 Å². The summed E-state index contributed by atoms with van der Waals surface area (Å²) in [6.45, 7) is 6.77. The lowest BCUT2D eigenvalue weighted by Gasteiger charge is -2.40. The number of aryl methyl sites for hydroxylation is 1. The van der Waals surface area contributed by atoms with E-state index in [1.54, 1.807) is 12.0 Å². The first kappa shape index (κ1) is 34.0. The molecule has 3 aliphatic rings. The number of aromatic nitrogens is 2. The second-order valence-electron chi connectivity index (χ2n) is 14.3. The Morgan fingerprint density at radius 1 is 1.04 bits per heavy atom. The van der Waals surface area contributed by atoms with Crippen LogP contribution in [0.5, 0.6) is 5.75 Å². The first-order valence-corrected chi connectivity index (χ1v) is 17.4. The minimum absolute atomic E-state index is 0.00110. The van der Waals surface area contributed by atoms with Gasteiger partial charge >= 0.3 is 6.09 Å². The van der Waals surface area contributed by atoms with Crippen molar-refractivity contribution in [1.82, 2.24) is 14.7 Å². The highest BCUT2D eigenvalue weighted by Gasteiger charge is 2.41. The van der Waals surface area contributed by atoms with Gasteiger partial charge in [-0.15, -0.1) is 0 Å². The van der Waals surface area contributed by atoms with Crippen LogP contribution in [0.2, 0.25) is 0 Å². The molecule has 1 N–H and O–H groups in total. The van der Waals surface area contributed by atoms with E-state index < -0.39 is 17.9 Å². The Labute approximate surface area is 283 Å². The van der Waals surface area contributed by atoms with Crippen molar-refractivity contribution in [2.75, 3.05) is 31.6 Å². The number of hydrogen-bond donors (Lipinski definition) is 1. The fourth-order valence-electron chi connectivity index (χ4n) is 7.45. The molecule has 3 fully saturated rings. The largest absolute Gasteiger partial charge is 0.496 e. The summed E-state index contributed by atoms with van der Waals surface area (Å²) >= 11 is 0. The number of nitrogens with zero attached hydrogens (tertiary/aromatic N) is 4. The second kappa shape index (κ2) is 14.3. The van der Waals surface area contributed by atoms with Crippen molar-refractivity contribution in [1.29, 1.82) is 0 Å². The van der Waals surface area contributed by atoms with E-state index in [4.69, 9.17) is 9.47 Å². The first-order valence-electron chi connectivity index (χ1n) is 17.4. The van der Waals surface area contributed by atoms with Gasteiger partial charge in [-0.3, -0.25) is 9.48 Å². The predicted octanol–water partition coefficient (Wildman–Crippen LogP) is 7.22. The van der Waals surface area contributed by atoms with Gasteiger partial charge < -0.3 is 24.4 Å². The van der Waals surface area contributed by atoms with Crippen molar-refractivity contribution in [3.63, 3.8) is 0 Å². The zero-order valence-electron chi connectivity index (χ0n) is 28.6. The van der Waals surface area contributed by atoms with Crippen molar-refractivity contribution in [3.05, 3.63) is 66.0 Å². The summed E-state index contributed by atoms with van der Waals surface area (Å²) in [5.74, 6) is 0.748. The molecule has 2 aliphatic carbocycles. The number of aliphatic hydroxyl groups is 1. The molecule has 6 rings (SSSR count). The minimum atomic E-state index is -1.51. The lowest BCUT2D eigenvalue weighted by atomic mass is 9.76. The average Bonchev–Trinajstić information content (AvgIpc) is 3.57. The number of hydrogen-bond acceptors (Lipinski definition) is 6. The maximum atomic E-state index is 16.9. The van der Waals surface area contributed by atoms with Crippen LogP contribution < -0.4 is 9.64 Å². The number of methoxy groups -OCH3 is 1. The van der Waals surface area contributed by atoms with E-state index in [1.165, 1.54) is 10.5 Å². The lowest BCUT2D eigenvalue weighted by Crippen LogP contribution is -2.54. The van der Waals surface area contributed by atoms with Crippen LogP contribution in [-0.4, -0.2) is 76.4 Å². The molecule has 2 heterocycles. The maximum absolute atomic E-state index is 16.9. The summed E-state index contributed by atoms with van der Waals surface area (Å²) in [5, 5.41) is 14.0. The number of carbonyl (C=O) groups is 2. The number of rotatable bonds is 9. The zero-order valence-corrected chi connectivity index (χ0v) is 28.6. The van der Waals surface area contributed by atoms with E-state index in [9.17, 15) is 14.7 Å². The van der Waals surface area contributed by atoms with Crippen LogP contribution in [0, 0.1) is 12.8 Å². The number of benzene rings is 2. The molecule has 0 spiro atoms. The average molecular weight is 661 g/mol. The third kappa shape index (κ3) is 7.53. The molecular formula is C38H49FN4O5. The second-order valence-corrected chi connectivity index (χ2v) is 14.3. The van der Waals surface area contributed by atoms with Crippen LogP contribution in [0.4, 0.5) is 14.9 Å². The number of carbonyl (C=O) groups excluding carboxylic acids is 2. The number of aliphatic hydroxyl groups excluding tert-OH is 1. The van der Waals surface area contributed by atoms with E-state index in [0.717, 1.165) is 22.4 Å². The summed E-state index contributed by atoms with van der Waals surface area (Å²) in [7, 11) is 1.67. The Bertz CT molecular complexity index is 1590. The number of anilines is 1. The normalized spacial score (nSPS) is 24.6. The van der Waals surface area contributed by atoms with Crippen molar-refractivity contribution in [2.24, 2.45) is 5.92 Å². The smallest absolute Gasteiger partial charge is 0.410 e. The fourth-order valence-corrected chi connectivity index (χ4v) is 7.45. The number of likely N-dealkylation sites (tertiary alicyclic amines) is 1. The maximum Gasteiger partial charge on any atom is 0.410 e. The quantitative estimate of drug-likeness (QED) is 0.260. The Morgan fingerprint density at radius 2 is 1.77 bits per heavy atom. The number of β-amino-alcohol motifs (C(OH)–C–C–N with tert-alkyl or cyclic N) is 1. The highest BCUT2D eigenvalue weighted by atomic mass is 19.1. The van der Waals surface area contributed by atoms with Gasteiger partial charge in [-0.2, -0.15) is 5.10 Å². The van der Waals surface area contributed by atoms with E-state index in [0.29, 0.717) is 70.1 Å². The van der Waals surface area contributed by atoms with Gasteiger partial charge in [-0.05, 0) is 113 Å². The summed E-state index contributed by atoms with van der Waals surface area (Å²) in [4.78, 5) is 30.0. The van der Waals surface area contributed by atoms with Gasteiger partial charge in [0.2, 0.25) is 5.91 Å². The van der Waals surface area contributed by atoms with Crippen LogP contribution in [0.25, 0.3) is 11.1 Å². The van der Waals surface area contributed by atoms with E-state index >= 15 is 4.39 Å². The van der Waals surface area contributed by atoms with Crippen LogP contribution >= 0.6 is 0 Å². The summed E-state index contributed by atoms with van der Waals surface area (Å²) in [5.41, 5.74) is 3.33. The van der Waals surface area contributed by atoms with Crippen LogP contribution in [-0.2, 0) is 9.53 Å². The molecule has 258 valence electrons. The summed E-state index contributed by atoms with van der Waals surface area (Å²) < 4.78 is 29.9. The van der Waals surface area contributed by atoms with Gasteiger partial charge in [0.1, 0.15) is 17.5 Å². The molecule has 1 saturated heterocycles. The third-order valence-electron chi connectivity index (χ3n) is 10.5. The van der Waals surface area contributed by atoms with E-state index in [-0.39, 0.29) is 36.4 Å². The minimum Gasteiger partial charge on any atom is -0.496 e. The summed E-state index contributed by atoms with van der Waals surface area (Å²) in [6.07, 6.45) is 7.12. The Morgan fingerprint density at radius 3 is 2.40 bits per heavy atom. The van der Waals surface area contributed by atoms with Gasteiger partial charge in [0.25, 0.3) is 0 Å². The topological polar surface area (TPSA) is 97.1 Å². The first-order chi connectivity index (χ1) is 23.0.